The van der Waals surface area contributed by atoms with E-state index in [0.29, 0.717) is 17.7 Å². The van der Waals surface area contributed by atoms with Crippen molar-refractivity contribution in [1.82, 2.24) is 10.6 Å². The average Bonchev–Trinajstić information content (AvgIpc) is 2.48. The van der Waals surface area contributed by atoms with Crippen molar-refractivity contribution >= 4 is 29.3 Å². The lowest BCUT2D eigenvalue weighted by atomic mass is 10.1. The number of para-hydroxylation sites is 1. The molecule has 1 aromatic carbocycles. The fourth-order valence-electron chi connectivity index (χ4n) is 2.31. The summed E-state index contributed by atoms with van der Waals surface area (Å²) in [4.78, 5) is 24.4. The van der Waals surface area contributed by atoms with Crippen molar-refractivity contribution in [2.24, 2.45) is 0 Å². The van der Waals surface area contributed by atoms with Crippen molar-refractivity contribution in [2.45, 2.75) is 32.4 Å². The molecule has 1 unspecified atom stereocenters. The molecule has 5 nitrogen and oxygen atoms in total. The highest BCUT2D eigenvalue weighted by Gasteiger charge is 2.18. The van der Waals surface area contributed by atoms with Gasteiger partial charge < -0.3 is 16.0 Å². The lowest BCUT2D eigenvalue weighted by Crippen LogP contribution is -2.40. The number of amides is 2. The van der Waals surface area contributed by atoms with Crippen LogP contribution in [-0.2, 0) is 4.79 Å². The Hall–Kier alpha value is -1.53. The van der Waals surface area contributed by atoms with Crippen LogP contribution >= 0.6 is 11.8 Å². The summed E-state index contributed by atoms with van der Waals surface area (Å²) in [7, 11) is 0. The smallest absolute Gasteiger partial charge is 0.253 e. The molecular formula is C16H23N3O2S. The van der Waals surface area contributed by atoms with Gasteiger partial charge in [-0.25, -0.2) is 0 Å². The van der Waals surface area contributed by atoms with Gasteiger partial charge in [0.1, 0.15) is 0 Å². The second kappa shape index (κ2) is 8.19. The number of benzene rings is 1. The molecule has 2 rings (SSSR count). The Morgan fingerprint density at radius 3 is 2.82 bits per heavy atom. The summed E-state index contributed by atoms with van der Waals surface area (Å²) in [6, 6.07) is 7.36. The Bertz CT molecular complexity index is 528. The molecule has 0 saturated carbocycles. The topological polar surface area (TPSA) is 70.2 Å². The third-order valence-corrected chi connectivity index (χ3v) is 4.43. The normalized spacial score (nSPS) is 18.0. The van der Waals surface area contributed by atoms with Gasteiger partial charge in [0.15, 0.2) is 0 Å². The minimum absolute atomic E-state index is 0.0553. The number of carbonyl (C=O) groups excluding carboxylic acids is 2. The summed E-state index contributed by atoms with van der Waals surface area (Å²) in [5, 5.41) is 9.05. The van der Waals surface area contributed by atoms with E-state index in [1.807, 2.05) is 31.7 Å². The average molecular weight is 321 g/mol. The fourth-order valence-corrected chi connectivity index (χ4v) is 3.25. The molecule has 22 heavy (non-hydrogen) atoms. The van der Waals surface area contributed by atoms with Crippen molar-refractivity contribution in [1.29, 1.82) is 0 Å². The van der Waals surface area contributed by atoms with Gasteiger partial charge in [0, 0.05) is 36.6 Å². The zero-order valence-electron chi connectivity index (χ0n) is 13.0. The van der Waals surface area contributed by atoms with Crippen LogP contribution in [0, 0.1) is 0 Å². The molecule has 1 heterocycles. The first kappa shape index (κ1) is 16.8. The van der Waals surface area contributed by atoms with Gasteiger partial charge in [0.25, 0.3) is 5.91 Å². The number of nitrogens with one attached hydrogen (secondary N) is 3. The van der Waals surface area contributed by atoms with Crippen LogP contribution in [0.2, 0.25) is 0 Å². The van der Waals surface area contributed by atoms with Gasteiger partial charge in [0.2, 0.25) is 5.91 Å². The van der Waals surface area contributed by atoms with Crippen LogP contribution in [-0.4, -0.2) is 41.9 Å². The van der Waals surface area contributed by atoms with Crippen LogP contribution in [0.5, 0.6) is 0 Å². The van der Waals surface area contributed by atoms with Crippen molar-refractivity contribution in [3.05, 3.63) is 29.8 Å². The Morgan fingerprint density at radius 2 is 2.14 bits per heavy atom. The van der Waals surface area contributed by atoms with Gasteiger partial charge in [0.05, 0.1) is 11.3 Å². The highest BCUT2D eigenvalue weighted by molar-refractivity contribution is 7.99. The Kier molecular flexibility index (Phi) is 6.27. The lowest BCUT2D eigenvalue weighted by Gasteiger charge is -2.22. The molecule has 120 valence electrons. The quantitative estimate of drug-likeness (QED) is 0.774. The molecule has 1 aliphatic rings. The number of carbonyl (C=O) groups is 2. The van der Waals surface area contributed by atoms with Gasteiger partial charge in [-0.2, -0.15) is 11.8 Å². The van der Waals surface area contributed by atoms with Crippen molar-refractivity contribution in [3.63, 3.8) is 0 Å². The van der Waals surface area contributed by atoms with Crippen molar-refractivity contribution in [3.8, 4) is 0 Å². The predicted octanol–water partition coefficient (Wildman–Crippen LogP) is 1.86. The minimum Gasteiger partial charge on any atom is -0.350 e. The summed E-state index contributed by atoms with van der Waals surface area (Å²) in [5.74, 6) is 1.81. The van der Waals surface area contributed by atoms with E-state index in [4.69, 9.17) is 0 Å². The Balaban J connectivity index is 1.99. The molecular weight excluding hydrogens is 298 g/mol. The second-order valence-corrected chi connectivity index (χ2v) is 6.80. The molecule has 2 amide bonds. The highest BCUT2D eigenvalue weighted by Crippen LogP contribution is 2.17. The van der Waals surface area contributed by atoms with Gasteiger partial charge in [-0.1, -0.05) is 12.1 Å². The van der Waals surface area contributed by atoms with Crippen molar-refractivity contribution < 1.29 is 9.59 Å². The zero-order valence-corrected chi connectivity index (χ0v) is 13.8. The van der Waals surface area contributed by atoms with E-state index in [1.54, 1.807) is 18.2 Å². The molecule has 0 bridgehead atoms. The first-order valence-corrected chi connectivity index (χ1v) is 8.72. The summed E-state index contributed by atoms with van der Waals surface area (Å²) < 4.78 is 0. The van der Waals surface area contributed by atoms with Crippen LogP contribution in [0.4, 0.5) is 5.69 Å². The minimum atomic E-state index is -0.169. The van der Waals surface area contributed by atoms with E-state index in [1.165, 1.54) is 0 Å². The zero-order chi connectivity index (χ0) is 15.9. The van der Waals surface area contributed by atoms with Gasteiger partial charge in [-0.15, -0.1) is 0 Å². The summed E-state index contributed by atoms with van der Waals surface area (Å²) >= 11 is 1.86. The van der Waals surface area contributed by atoms with E-state index in [9.17, 15) is 9.59 Å². The van der Waals surface area contributed by atoms with Crippen molar-refractivity contribution in [2.75, 3.05) is 23.4 Å². The first-order valence-electron chi connectivity index (χ1n) is 7.57. The van der Waals surface area contributed by atoms with E-state index in [2.05, 4.69) is 16.0 Å². The maximum atomic E-state index is 12.2. The molecule has 6 heteroatoms. The monoisotopic (exact) mass is 321 g/mol. The van der Waals surface area contributed by atoms with Crippen LogP contribution < -0.4 is 16.0 Å². The largest absolute Gasteiger partial charge is 0.350 e. The Morgan fingerprint density at radius 1 is 1.36 bits per heavy atom. The molecule has 0 radical (unpaired) electrons. The number of hydrogen-bond acceptors (Lipinski definition) is 4. The standard InChI is InChI=1S/C16H23N3O2S/c1-11(2)18-16(21)13-5-3-4-6-14(13)19-15(20)9-12-10-22-8-7-17-12/h3-6,11-12,17H,7-10H2,1-2H3,(H,18,21)(H,19,20). The van der Waals surface area contributed by atoms with E-state index in [0.717, 1.165) is 18.1 Å². The Labute approximate surface area is 135 Å². The molecule has 0 aliphatic carbocycles. The number of thioether (sulfide) groups is 1. The van der Waals surface area contributed by atoms with Gasteiger partial charge in [-0.05, 0) is 26.0 Å². The lowest BCUT2D eigenvalue weighted by molar-refractivity contribution is -0.116. The third-order valence-electron chi connectivity index (χ3n) is 3.30. The van der Waals surface area contributed by atoms with Crippen LogP contribution in [0.1, 0.15) is 30.6 Å². The van der Waals surface area contributed by atoms with Gasteiger partial charge >= 0.3 is 0 Å². The van der Waals surface area contributed by atoms with Gasteiger partial charge in [-0.3, -0.25) is 9.59 Å². The third kappa shape index (κ3) is 5.03. The molecule has 0 spiro atoms. The maximum Gasteiger partial charge on any atom is 0.253 e. The second-order valence-electron chi connectivity index (χ2n) is 5.65. The van der Waals surface area contributed by atoms with E-state index in [-0.39, 0.29) is 23.9 Å². The molecule has 1 aromatic rings. The number of anilines is 1. The van der Waals surface area contributed by atoms with E-state index >= 15 is 0 Å². The maximum absolute atomic E-state index is 12.2. The van der Waals surface area contributed by atoms with Crippen LogP contribution in [0.15, 0.2) is 24.3 Å². The number of hydrogen-bond donors (Lipinski definition) is 3. The molecule has 1 saturated heterocycles. The molecule has 0 aromatic heterocycles. The summed E-state index contributed by atoms with van der Waals surface area (Å²) in [6.45, 7) is 4.76. The SMILES string of the molecule is CC(C)NC(=O)c1ccccc1NC(=O)CC1CSCCN1. The van der Waals surface area contributed by atoms with Crippen LogP contribution in [0.3, 0.4) is 0 Å². The molecule has 1 fully saturated rings. The molecule has 1 aliphatic heterocycles. The fraction of sp³-hybridized carbons (Fsp3) is 0.500. The summed E-state index contributed by atoms with van der Waals surface area (Å²) in [5.41, 5.74) is 1.06. The molecule has 3 N–H and O–H groups in total. The first-order chi connectivity index (χ1) is 10.6. The predicted molar refractivity (Wildman–Crippen MR) is 91.4 cm³/mol. The summed E-state index contributed by atoms with van der Waals surface area (Å²) in [6.07, 6.45) is 0.424. The highest BCUT2D eigenvalue weighted by atomic mass is 32.2. The van der Waals surface area contributed by atoms with Crippen LogP contribution in [0.25, 0.3) is 0 Å². The number of rotatable bonds is 5. The van der Waals surface area contributed by atoms with E-state index < -0.39 is 0 Å². The molecule has 1 atom stereocenters.